The molecule has 0 atom stereocenters. The summed E-state index contributed by atoms with van der Waals surface area (Å²) in [6.45, 7) is 5.66. The zero-order valence-electron chi connectivity index (χ0n) is 11.2. The molecule has 1 N–H and O–H groups in total. The highest BCUT2D eigenvalue weighted by molar-refractivity contribution is 6.32. The first-order valence-electron chi connectivity index (χ1n) is 6.03. The highest BCUT2D eigenvalue weighted by Crippen LogP contribution is 2.32. The first-order chi connectivity index (χ1) is 9.01. The van der Waals surface area contributed by atoms with Gasteiger partial charge in [-0.2, -0.15) is 0 Å². The fourth-order valence-electron chi connectivity index (χ4n) is 1.90. The van der Waals surface area contributed by atoms with Gasteiger partial charge in [-0.25, -0.2) is 4.98 Å². The molecular formula is C15H16ClNO2. The molecule has 19 heavy (non-hydrogen) atoms. The van der Waals surface area contributed by atoms with Gasteiger partial charge in [0.15, 0.2) is 0 Å². The van der Waals surface area contributed by atoms with E-state index in [2.05, 4.69) is 4.98 Å². The standard InChI is InChI=1S/C15H16ClNO2/c1-9-4-5-14(13(16)6-9)19-15-12(8-18)10(2)7-11(3)17-15/h4-7,18H,8H2,1-3H3. The van der Waals surface area contributed by atoms with Gasteiger partial charge in [0.1, 0.15) is 5.75 Å². The van der Waals surface area contributed by atoms with Gasteiger partial charge in [0, 0.05) is 11.3 Å². The quantitative estimate of drug-likeness (QED) is 0.924. The van der Waals surface area contributed by atoms with Crippen LogP contribution in [0.15, 0.2) is 24.3 Å². The van der Waals surface area contributed by atoms with Crippen LogP contribution in [-0.2, 0) is 6.61 Å². The summed E-state index contributed by atoms with van der Waals surface area (Å²) in [5, 5.41) is 9.96. The first-order valence-corrected chi connectivity index (χ1v) is 6.41. The third-order valence-corrected chi connectivity index (χ3v) is 3.18. The third-order valence-electron chi connectivity index (χ3n) is 2.89. The van der Waals surface area contributed by atoms with Gasteiger partial charge in [-0.1, -0.05) is 17.7 Å². The number of aliphatic hydroxyl groups excluding tert-OH is 1. The van der Waals surface area contributed by atoms with E-state index < -0.39 is 0 Å². The molecule has 0 bridgehead atoms. The van der Waals surface area contributed by atoms with Crippen molar-refractivity contribution in [2.75, 3.05) is 0 Å². The molecule has 1 aromatic heterocycles. The fourth-order valence-corrected chi connectivity index (χ4v) is 2.17. The molecule has 2 aromatic rings. The van der Waals surface area contributed by atoms with Crippen LogP contribution < -0.4 is 4.74 Å². The molecule has 1 aromatic carbocycles. The van der Waals surface area contributed by atoms with E-state index in [-0.39, 0.29) is 6.61 Å². The van der Waals surface area contributed by atoms with Crippen molar-refractivity contribution in [2.24, 2.45) is 0 Å². The molecular weight excluding hydrogens is 262 g/mol. The molecule has 4 heteroatoms. The van der Waals surface area contributed by atoms with Gasteiger partial charge < -0.3 is 9.84 Å². The predicted molar refractivity (Wildman–Crippen MR) is 75.9 cm³/mol. The summed E-state index contributed by atoms with van der Waals surface area (Å²) in [6.07, 6.45) is 0. The minimum absolute atomic E-state index is 0.113. The molecule has 0 aliphatic rings. The second kappa shape index (κ2) is 5.59. The summed E-state index contributed by atoms with van der Waals surface area (Å²) in [5.41, 5.74) is 3.54. The lowest BCUT2D eigenvalue weighted by Gasteiger charge is -2.13. The van der Waals surface area contributed by atoms with Crippen LogP contribution in [0.5, 0.6) is 11.6 Å². The van der Waals surface area contributed by atoms with Crippen molar-refractivity contribution in [3.05, 3.63) is 51.7 Å². The summed E-state index contributed by atoms with van der Waals surface area (Å²) in [4.78, 5) is 4.32. The highest BCUT2D eigenvalue weighted by atomic mass is 35.5. The predicted octanol–water partition coefficient (Wildman–Crippen LogP) is 3.94. The molecule has 0 aliphatic heterocycles. The molecule has 0 unspecified atom stereocenters. The van der Waals surface area contributed by atoms with Gasteiger partial charge in [-0.3, -0.25) is 0 Å². The van der Waals surface area contributed by atoms with Crippen LogP contribution in [0.1, 0.15) is 22.4 Å². The Bertz CT molecular complexity index is 611. The van der Waals surface area contributed by atoms with E-state index >= 15 is 0 Å². The minimum Gasteiger partial charge on any atom is -0.437 e. The lowest BCUT2D eigenvalue weighted by Crippen LogP contribution is -2.00. The van der Waals surface area contributed by atoms with Crippen molar-refractivity contribution >= 4 is 11.6 Å². The number of hydrogen-bond donors (Lipinski definition) is 1. The van der Waals surface area contributed by atoms with E-state index in [4.69, 9.17) is 16.3 Å². The molecule has 0 fully saturated rings. The smallest absolute Gasteiger partial charge is 0.225 e. The summed E-state index contributed by atoms with van der Waals surface area (Å²) < 4.78 is 5.74. The number of nitrogens with zero attached hydrogens (tertiary/aromatic N) is 1. The first kappa shape index (κ1) is 13.8. The second-order valence-electron chi connectivity index (χ2n) is 4.56. The molecule has 3 nitrogen and oxygen atoms in total. The Morgan fingerprint density at radius 3 is 2.58 bits per heavy atom. The van der Waals surface area contributed by atoms with Crippen LogP contribution >= 0.6 is 11.6 Å². The molecule has 0 radical (unpaired) electrons. The maximum Gasteiger partial charge on any atom is 0.225 e. The molecule has 0 amide bonds. The zero-order chi connectivity index (χ0) is 14.0. The highest BCUT2D eigenvalue weighted by Gasteiger charge is 2.12. The number of rotatable bonds is 3. The monoisotopic (exact) mass is 277 g/mol. The fraction of sp³-hybridized carbons (Fsp3) is 0.267. The summed E-state index contributed by atoms with van der Waals surface area (Å²) in [7, 11) is 0. The number of aryl methyl sites for hydroxylation is 3. The normalized spacial score (nSPS) is 10.6. The van der Waals surface area contributed by atoms with E-state index in [0.717, 1.165) is 16.8 Å². The Morgan fingerprint density at radius 2 is 1.95 bits per heavy atom. The maximum atomic E-state index is 9.43. The van der Waals surface area contributed by atoms with Crippen molar-refractivity contribution in [1.29, 1.82) is 0 Å². The van der Waals surface area contributed by atoms with Gasteiger partial charge in [0.25, 0.3) is 0 Å². The maximum absolute atomic E-state index is 9.43. The molecule has 2 rings (SSSR count). The second-order valence-corrected chi connectivity index (χ2v) is 4.97. The SMILES string of the molecule is Cc1ccc(Oc2nc(C)cc(C)c2CO)c(Cl)c1. The molecule has 0 saturated carbocycles. The van der Waals surface area contributed by atoms with Crippen molar-refractivity contribution < 1.29 is 9.84 Å². The van der Waals surface area contributed by atoms with Crippen LogP contribution in [0.4, 0.5) is 0 Å². The average Bonchev–Trinajstić information content (AvgIpc) is 2.32. The third kappa shape index (κ3) is 3.06. The Morgan fingerprint density at radius 1 is 1.21 bits per heavy atom. The molecule has 0 aliphatic carbocycles. The van der Waals surface area contributed by atoms with Gasteiger partial charge in [-0.05, 0) is 50.1 Å². The van der Waals surface area contributed by atoms with E-state index in [1.54, 1.807) is 6.07 Å². The Hall–Kier alpha value is -1.58. The Labute approximate surface area is 117 Å². The number of aliphatic hydroxyl groups is 1. The number of hydrogen-bond acceptors (Lipinski definition) is 3. The van der Waals surface area contributed by atoms with Gasteiger partial charge >= 0.3 is 0 Å². The molecule has 0 spiro atoms. The van der Waals surface area contributed by atoms with Gasteiger partial charge in [0.2, 0.25) is 5.88 Å². The zero-order valence-corrected chi connectivity index (χ0v) is 12.0. The van der Waals surface area contributed by atoms with Gasteiger partial charge in [0.05, 0.1) is 11.6 Å². The van der Waals surface area contributed by atoms with Crippen molar-refractivity contribution in [2.45, 2.75) is 27.4 Å². The van der Waals surface area contributed by atoms with Crippen molar-refractivity contribution in [3.8, 4) is 11.6 Å². The number of aromatic nitrogens is 1. The lowest BCUT2D eigenvalue weighted by atomic mass is 10.1. The van der Waals surface area contributed by atoms with Gasteiger partial charge in [-0.15, -0.1) is 0 Å². The van der Waals surface area contributed by atoms with E-state index in [0.29, 0.717) is 22.2 Å². The van der Waals surface area contributed by atoms with Crippen LogP contribution in [0.25, 0.3) is 0 Å². The molecule has 0 saturated heterocycles. The summed E-state index contributed by atoms with van der Waals surface area (Å²) in [6, 6.07) is 7.47. The lowest BCUT2D eigenvalue weighted by molar-refractivity contribution is 0.274. The van der Waals surface area contributed by atoms with Crippen LogP contribution in [0, 0.1) is 20.8 Å². The number of ether oxygens (including phenoxy) is 1. The van der Waals surface area contributed by atoms with Crippen LogP contribution in [0.3, 0.4) is 0 Å². The van der Waals surface area contributed by atoms with E-state index in [1.165, 1.54) is 0 Å². The van der Waals surface area contributed by atoms with Crippen molar-refractivity contribution in [1.82, 2.24) is 4.98 Å². The molecule has 100 valence electrons. The van der Waals surface area contributed by atoms with Crippen LogP contribution in [-0.4, -0.2) is 10.1 Å². The number of benzene rings is 1. The topological polar surface area (TPSA) is 42.4 Å². The largest absolute Gasteiger partial charge is 0.437 e. The minimum atomic E-state index is -0.113. The van der Waals surface area contributed by atoms with Crippen molar-refractivity contribution in [3.63, 3.8) is 0 Å². The average molecular weight is 278 g/mol. The summed E-state index contributed by atoms with van der Waals surface area (Å²) >= 11 is 6.14. The molecule has 1 heterocycles. The van der Waals surface area contributed by atoms with E-state index in [1.807, 2.05) is 39.0 Å². The van der Waals surface area contributed by atoms with Crippen LogP contribution in [0.2, 0.25) is 5.02 Å². The number of pyridine rings is 1. The summed E-state index contributed by atoms with van der Waals surface area (Å²) in [5.74, 6) is 0.949. The number of halogens is 1. The Balaban J connectivity index is 2.42. The van der Waals surface area contributed by atoms with E-state index in [9.17, 15) is 5.11 Å². The Kier molecular flexibility index (Phi) is 4.08.